The third kappa shape index (κ3) is 3.39. The summed E-state index contributed by atoms with van der Waals surface area (Å²) < 4.78 is 0. The highest BCUT2D eigenvalue weighted by Gasteiger charge is 2.06. The molecule has 3 rings (SSSR count). The van der Waals surface area contributed by atoms with Crippen molar-refractivity contribution in [2.24, 2.45) is 0 Å². The molecule has 1 heterocycles. The predicted molar refractivity (Wildman–Crippen MR) is 77.5 cm³/mol. The highest BCUT2D eigenvalue weighted by Crippen LogP contribution is 2.28. The van der Waals surface area contributed by atoms with E-state index in [4.69, 9.17) is 0 Å². The molecule has 0 bridgehead atoms. The molecule has 0 atom stereocenters. The van der Waals surface area contributed by atoms with Crippen molar-refractivity contribution in [1.82, 2.24) is 15.2 Å². The molecule has 0 aliphatic heterocycles. The standard InChI is InChI=1S/C14H11N3S2/c1-3-7-11(8-4-1)18-13-15-14(17-16-13)19-12-9-5-2-6-10-12/h1-10H,(H,15,16,17). The molecule has 0 spiro atoms. The summed E-state index contributed by atoms with van der Waals surface area (Å²) in [4.78, 5) is 6.74. The van der Waals surface area contributed by atoms with Crippen LogP contribution in [0.4, 0.5) is 0 Å². The van der Waals surface area contributed by atoms with Crippen LogP contribution in [0.5, 0.6) is 0 Å². The zero-order chi connectivity index (χ0) is 12.9. The van der Waals surface area contributed by atoms with Gasteiger partial charge in [0.25, 0.3) is 0 Å². The molecule has 0 saturated heterocycles. The van der Waals surface area contributed by atoms with Crippen LogP contribution in [-0.2, 0) is 0 Å². The number of aromatic nitrogens is 3. The van der Waals surface area contributed by atoms with Crippen LogP contribution in [0.25, 0.3) is 0 Å². The van der Waals surface area contributed by atoms with E-state index in [2.05, 4.69) is 27.3 Å². The summed E-state index contributed by atoms with van der Waals surface area (Å²) in [5, 5.41) is 8.72. The van der Waals surface area contributed by atoms with Crippen LogP contribution in [-0.4, -0.2) is 15.2 Å². The van der Waals surface area contributed by atoms with Crippen molar-refractivity contribution >= 4 is 23.5 Å². The molecule has 0 radical (unpaired) electrons. The molecule has 0 saturated carbocycles. The van der Waals surface area contributed by atoms with Crippen LogP contribution in [0.2, 0.25) is 0 Å². The third-order valence-electron chi connectivity index (χ3n) is 2.35. The van der Waals surface area contributed by atoms with Gasteiger partial charge in [-0.1, -0.05) is 48.2 Å². The minimum atomic E-state index is 0.740. The first-order chi connectivity index (χ1) is 9.40. The fourth-order valence-corrected chi connectivity index (χ4v) is 3.05. The number of benzene rings is 2. The van der Waals surface area contributed by atoms with Crippen LogP contribution in [0.1, 0.15) is 0 Å². The van der Waals surface area contributed by atoms with Gasteiger partial charge in [0.1, 0.15) is 0 Å². The first-order valence-corrected chi connectivity index (χ1v) is 7.42. The summed E-state index contributed by atoms with van der Waals surface area (Å²) in [6.45, 7) is 0. The quantitative estimate of drug-likeness (QED) is 0.783. The summed E-state index contributed by atoms with van der Waals surface area (Å²) >= 11 is 3.13. The van der Waals surface area contributed by atoms with Gasteiger partial charge < -0.3 is 0 Å². The van der Waals surface area contributed by atoms with E-state index in [1.54, 1.807) is 23.5 Å². The fourth-order valence-electron chi connectivity index (χ4n) is 1.52. The lowest BCUT2D eigenvalue weighted by Crippen LogP contribution is -1.76. The number of hydrogen-bond acceptors (Lipinski definition) is 4. The molecule has 19 heavy (non-hydrogen) atoms. The van der Waals surface area contributed by atoms with Gasteiger partial charge in [-0.25, -0.2) is 0 Å². The number of rotatable bonds is 4. The van der Waals surface area contributed by atoms with Gasteiger partial charge >= 0.3 is 0 Å². The summed E-state index contributed by atoms with van der Waals surface area (Å²) in [6, 6.07) is 20.2. The lowest BCUT2D eigenvalue weighted by atomic mass is 10.4. The summed E-state index contributed by atoms with van der Waals surface area (Å²) in [5.41, 5.74) is 0. The maximum Gasteiger partial charge on any atom is 0.214 e. The molecule has 1 N–H and O–H groups in total. The van der Waals surface area contributed by atoms with Crippen LogP contribution >= 0.6 is 23.5 Å². The number of nitrogens with zero attached hydrogens (tertiary/aromatic N) is 2. The van der Waals surface area contributed by atoms with Gasteiger partial charge in [0.15, 0.2) is 5.16 Å². The second kappa shape index (κ2) is 5.95. The van der Waals surface area contributed by atoms with E-state index >= 15 is 0 Å². The van der Waals surface area contributed by atoms with E-state index in [9.17, 15) is 0 Å². The smallest absolute Gasteiger partial charge is 0.214 e. The van der Waals surface area contributed by atoms with Crippen LogP contribution in [0, 0.1) is 0 Å². The Hall–Kier alpha value is -1.72. The molecule has 0 aliphatic carbocycles. The van der Waals surface area contributed by atoms with E-state index in [0.717, 1.165) is 20.1 Å². The van der Waals surface area contributed by atoms with E-state index in [0.29, 0.717) is 0 Å². The van der Waals surface area contributed by atoms with Crippen molar-refractivity contribution in [3.05, 3.63) is 60.7 Å². The minimum Gasteiger partial charge on any atom is -0.253 e. The van der Waals surface area contributed by atoms with Crippen molar-refractivity contribution in [1.29, 1.82) is 0 Å². The fraction of sp³-hybridized carbons (Fsp3) is 0. The second-order valence-corrected chi connectivity index (χ2v) is 5.86. The predicted octanol–water partition coefficient (Wildman–Crippen LogP) is 4.11. The Balaban J connectivity index is 1.70. The Labute approximate surface area is 119 Å². The monoisotopic (exact) mass is 285 g/mol. The number of hydrogen-bond donors (Lipinski definition) is 1. The van der Waals surface area contributed by atoms with E-state index in [1.165, 1.54) is 0 Å². The zero-order valence-electron chi connectivity index (χ0n) is 9.98. The molecular formula is C14H11N3S2. The summed E-state index contributed by atoms with van der Waals surface area (Å²) in [6.07, 6.45) is 0. The van der Waals surface area contributed by atoms with Crippen molar-refractivity contribution in [2.75, 3.05) is 0 Å². The van der Waals surface area contributed by atoms with Gasteiger partial charge in [0.2, 0.25) is 5.16 Å². The molecule has 0 fully saturated rings. The van der Waals surface area contributed by atoms with Gasteiger partial charge in [-0.2, -0.15) is 4.98 Å². The maximum absolute atomic E-state index is 4.46. The topological polar surface area (TPSA) is 41.6 Å². The Morgan fingerprint density at radius 1 is 0.737 bits per heavy atom. The molecule has 0 amide bonds. The van der Waals surface area contributed by atoms with Gasteiger partial charge in [0, 0.05) is 9.79 Å². The molecule has 3 aromatic rings. The molecule has 1 aromatic heterocycles. The van der Waals surface area contributed by atoms with Crippen molar-refractivity contribution in [2.45, 2.75) is 20.1 Å². The van der Waals surface area contributed by atoms with Crippen LogP contribution in [0.15, 0.2) is 80.8 Å². The second-order valence-electron chi connectivity index (χ2n) is 3.75. The van der Waals surface area contributed by atoms with E-state index in [-0.39, 0.29) is 0 Å². The average Bonchev–Trinajstić information content (AvgIpc) is 2.88. The lowest BCUT2D eigenvalue weighted by molar-refractivity contribution is 0.954. The molecule has 3 nitrogen and oxygen atoms in total. The third-order valence-corrected chi connectivity index (χ3v) is 4.11. The molecule has 0 unspecified atom stereocenters. The Kier molecular flexibility index (Phi) is 3.86. The summed E-state index contributed by atoms with van der Waals surface area (Å²) in [5.74, 6) is 0. The maximum atomic E-state index is 4.46. The largest absolute Gasteiger partial charge is 0.253 e. The number of H-pyrrole nitrogens is 1. The molecule has 94 valence electrons. The van der Waals surface area contributed by atoms with Gasteiger partial charge in [-0.3, -0.25) is 5.10 Å². The van der Waals surface area contributed by atoms with E-state index in [1.807, 2.05) is 48.5 Å². The highest BCUT2D eigenvalue weighted by molar-refractivity contribution is 7.99. The highest BCUT2D eigenvalue weighted by atomic mass is 32.2. The van der Waals surface area contributed by atoms with E-state index < -0.39 is 0 Å². The Morgan fingerprint density at radius 2 is 1.32 bits per heavy atom. The van der Waals surface area contributed by atoms with Crippen molar-refractivity contribution in [3.63, 3.8) is 0 Å². The van der Waals surface area contributed by atoms with Gasteiger partial charge in [-0.05, 0) is 36.0 Å². The Bertz CT molecular complexity index is 582. The normalized spacial score (nSPS) is 10.5. The van der Waals surface area contributed by atoms with Gasteiger partial charge in [0.05, 0.1) is 0 Å². The number of aromatic amines is 1. The van der Waals surface area contributed by atoms with Crippen LogP contribution in [0.3, 0.4) is 0 Å². The first kappa shape index (κ1) is 12.3. The van der Waals surface area contributed by atoms with Crippen LogP contribution < -0.4 is 0 Å². The molecule has 5 heteroatoms. The molecule has 0 aliphatic rings. The molecule has 2 aromatic carbocycles. The van der Waals surface area contributed by atoms with Crippen molar-refractivity contribution < 1.29 is 0 Å². The molecular weight excluding hydrogens is 274 g/mol. The lowest BCUT2D eigenvalue weighted by Gasteiger charge is -1.95. The minimum absolute atomic E-state index is 0.740. The van der Waals surface area contributed by atoms with Gasteiger partial charge in [-0.15, -0.1) is 5.10 Å². The SMILES string of the molecule is c1ccc(Sc2n[nH]c(Sc3ccccc3)n2)cc1. The van der Waals surface area contributed by atoms with Crippen molar-refractivity contribution in [3.8, 4) is 0 Å². The number of nitrogens with one attached hydrogen (secondary N) is 1. The first-order valence-electron chi connectivity index (χ1n) is 5.78. The zero-order valence-corrected chi connectivity index (χ0v) is 11.6. The summed E-state index contributed by atoms with van der Waals surface area (Å²) in [7, 11) is 0. The Morgan fingerprint density at radius 3 is 1.95 bits per heavy atom. The average molecular weight is 285 g/mol.